The molecule has 1 aliphatic heterocycles. The molecule has 1 aromatic rings. The lowest BCUT2D eigenvalue weighted by Crippen LogP contribution is -2.39. The molecule has 1 heterocycles. The normalized spacial score (nSPS) is 22.4. The predicted octanol–water partition coefficient (Wildman–Crippen LogP) is 1.21. The summed E-state index contributed by atoms with van der Waals surface area (Å²) in [5.41, 5.74) is 0.883. The molecule has 2 atom stereocenters. The topological polar surface area (TPSA) is 73.6 Å². The molecular formula is C16H23N3O3S. The summed E-state index contributed by atoms with van der Waals surface area (Å²) in [7, 11) is 1.51. The first kappa shape index (κ1) is 17.9. The number of nitriles is 1. The Hall–Kier alpha value is -1.46. The molecule has 1 aromatic carbocycles. The minimum atomic E-state index is -3.70. The Morgan fingerprint density at radius 3 is 2.74 bits per heavy atom. The first-order valence-electron chi connectivity index (χ1n) is 7.50. The van der Waals surface area contributed by atoms with Gasteiger partial charge in [0.15, 0.2) is 0 Å². The van der Waals surface area contributed by atoms with Crippen molar-refractivity contribution in [3.05, 3.63) is 29.3 Å². The lowest BCUT2D eigenvalue weighted by molar-refractivity contribution is 0.111. The molecule has 0 unspecified atom stereocenters. The summed E-state index contributed by atoms with van der Waals surface area (Å²) in [5, 5.41) is 9.28. The van der Waals surface area contributed by atoms with Gasteiger partial charge < -0.3 is 4.74 Å². The number of methoxy groups -OCH3 is 1. The molecule has 0 aliphatic carbocycles. The Morgan fingerprint density at radius 2 is 2.17 bits per heavy atom. The van der Waals surface area contributed by atoms with Crippen molar-refractivity contribution < 1.29 is 13.2 Å². The molecule has 0 amide bonds. The van der Waals surface area contributed by atoms with Crippen LogP contribution in [-0.4, -0.2) is 64.1 Å². The summed E-state index contributed by atoms with van der Waals surface area (Å²) >= 11 is 0. The highest BCUT2D eigenvalue weighted by molar-refractivity contribution is 7.89. The number of sulfonamides is 1. The van der Waals surface area contributed by atoms with Gasteiger partial charge >= 0.3 is 0 Å². The lowest BCUT2D eigenvalue weighted by atomic mass is 10.1. The molecule has 1 fully saturated rings. The van der Waals surface area contributed by atoms with Crippen LogP contribution in [0.15, 0.2) is 23.1 Å². The molecule has 6 nitrogen and oxygen atoms in total. The van der Waals surface area contributed by atoms with E-state index >= 15 is 0 Å². The molecule has 0 aromatic heterocycles. The van der Waals surface area contributed by atoms with Gasteiger partial charge in [-0.2, -0.15) is 9.57 Å². The van der Waals surface area contributed by atoms with Crippen LogP contribution in [0.2, 0.25) is 0 Å². The van der Waals surface area contributed by atoms with Crippen LogP contribution >= 0.6 is 0 Å². The second-order valence-electron chi connectivity index (χ2n) is 6.03. The van der Waals surface area contributed by atoms with Gasteiger partial charge in [0.1, 0.15) is 11.0 Å². The van der Waals surface area contributed by atoms with Crippen molar-refractivity contribution >= 4 is 10.0 Å². The molecule has 23 heavy (non-hydrogen) atoms. The Balaban J connectivity index is 2.24. The predicted molar refractivity (Wildman–Crippen MR) is 87.5 cm³/mol. The Morgan fingerprint density at radius 1 is 1.48 bits per heavy atom. The van der Waals surface area contributed by atoms with E-state index in [2.05, 4.69) is 4.90 Å². The third-order valence-corrected chi connectivity index (χ3v) is 6.35. The fourth-order valence-electron chi connectivity index (χ4n) is 2.97. The standard InChI is InChI=1S/C16H23N3O3S/c1-12-6-5-7-16(15(12)9-17)23(20,21)19(3)10-13-8-14(22-4)11-18(13)2/h5-7,13-14H,8,10-11H2,1-4H3/t13-,14-/m0/s1. The van der Waals surface area contributed by atoms with Crippen molar-refractivity contribution in [1.29, 1.82) is 5.26 Å². The maximum atomic E-state index is 12.8. The summed E-state index contributed by atoms with van der Waals surface area (Å²) in [6, 6.07) is 7.02. The van der Waals surface area contributed by atoms with Crippen molar-refractivity contribution in [3.8, 4) is 6.07 Å². The molecular weight excluding hydrogens is 314 g/mol. The van der Waals surface area contributed by atoms with Gasteiger partial charge in [-0.3, -0.25) is 4.90 Å². The third-order valence-electron chi connectivity index (χ3n) is 4.49. The van der Waals surface area contributed by atoms with E-state index in [1.165, 1.54) is 10.4 Å². The molecule has 1 aliphatic rings. The van der Waals surface area contributed by atoms with E-state index in [0.29, 0.717) is 12.1 Å². The summed E-state index contributed by atoms with van der Waals surface area (Å²) in [6.45, 7) is 2.91. The maximum absolute atomic E-state index is 12.8. The number of nitrogens with zero attached hydrogens (tertiary/aromatic N) is 3. The first-order valence-corrected chi connectivity index (χ1v) is 8.94. The summed E-state index contributed by atoms with van der Waals surface area (Å²) in [5.74, 6) is 0. The summed E-state index contributed by atoms with van der Waals surface area (Å²) < 4.78 is 32.4. The second kappa shape index (κ2) is 6.97. The monoisotopic (exact) mass is 337 g/mol. The van der Waals surface area contributed by atoms with E-state index in [1.54, 1.807) is 33.2 Å². The average Bonchev–Trinajstić information content (AvgIpc) is 2.87. The van der Waals surface area contributed by atoms with Crippen LogP contribution in [0.4, 0.5) is 0 Å². The summed E-state index contributed by atoms with van der Waals surface area (Å²) in [6.07, 6.45) is 0.931. The van der Waals surface area contributed by atoms with E-state index in [-0.39, 0.29) is 22.6 Å². The zero-order chi connectivity index (χ0) is 17.2. The number of benzene rings is 1. The Kier molecular flexibility index (Phi) is 5.42. The smallest absolute Gasteiger partial charge is 0.244 e. The van der Waals surface area contributed by atoms with Gasteiger partial charge in [-0.05, 0) is 32.0 Å². The lowest BCUT2D eigenvalue weighted by Gasteiger charge is -2.25. The van der Waals surface area contributed by atoms with E-state index in [1.807, 2.05) is 13.1 Å². The van der Waals surface area contributed by atoms with Gasteiger partial charge in [-0.1, -0.05) is 12.1 Å². The van der Waals surface area contributed by atoms with E-state index in [9.17, 15) is 13.7 Å². The SMILES string of the molecule is CO[C@H]1C[C@@H](CN(C)S(=O)(=O)c2cccc(C)c2C#N)N(C)C1. The van der Waals surface area contributed by atoms with Crippen LogP contribution in [-0.2, 0) is 14.8 Å². The highest BCUT2D eigenvalue weighted by Crippen LogP contribution is 2.24. The van der Waals surface area contributed by atoms with Gasteiger partial charge in [0.05, 0.1) is 11.7 Å². The van der Waals surface area contributed by atoms with E-state index < -0.39 is 10.0 Å². The van der Waals surface area contributed by atoms with Gasteiger partial charge in [0.25, 0.3) is 0 Å². The Labute approximate surface area is 138 Å². The number of hydrogen-bond acceptors (Lipinski definition) is 5. The number of ether oxygens (including phenoxy) is 1. The minimum absolute atomic E-state index is 0.0754. The number of likely N-dealkylation sites (N-methyl/N-ethyl adjacent to an activating group) is 2. The second-order valence-corrected chi connectivity index (χ2v) is 8.05. The van der Waals surface area contributed by atoms with Gasteiger partial charge in [0, 0.05) is 33.3 Å². The van der Waals surface area contributed by atoms with Crippen molar-refractivity contribution in [1.82, 2.24) is 9.21 Å². The zero-order valence-electron chi connectivity index (χ0n) is 14.0. The molecule has 0 spiro atoms. The molecule has 2 rings (SSSR count). The molecule has 0 bridgehead atoms. The van der Waals surface area contributed by atoms with Gasteiger partial charge in [0.2, 0.25) is 10.0 Å². The fraction of sp³-hybridized carbons (Fsp3) is 0.562. The van der Waals surface area contributed by atoms with Crippen LogP contribution in [0, 0.1) is 18.3 Å². The van der Waals surface area contributed by atoms with Crippen LogP contribution in [0.5, 0.6) is 0 Å². The molecule has 7 heteroatoms. The highest BCUT2D eigenvalue weighted by atomic mass is 32.2. The van der Waals surface area contributed by atoms with E-state index in [0.717, 1.165) is 13.0 Å². The summed E-state index contributed by atoms with van der Waals surface area (Å²) in [4.78, 5) is 2.19. The van der Waals surface area contributed by atoms with Crippen molar-refractivity contribution in [2.45, 2.75) is 30.4 Å². The van der Waals surface area contributed by atoms with Crippen molar-refractivity contribution in [2.24, 2.45) is 0 Å². The quantitative estimate of drug-likeness (QED) is 0.807. The number of likely N-dealkylation sites (tertiary alicyclic amines) is 1. The van der Waals surface area contributed by atoms with Crippen LogP contribution < -0.4 is 0 Å². The Bertz CT molecular complexity index is 712. The zero-order valence-corrected chi connectivity index (χ0v) is 14.8. The minimum Gasteiger partial charge on any atom is -0.380 e. The largest absolute Gasteiger partial charge is 0.380 e. The first-order chi connectivity index (χ1) is 10.8. The molecule has 126 valence electrons. The molecule has 1 saturated heterocycles. The van der Waals surface area contributed by atoms with Gasteiger partial charge in [-0.25, -0.2) is 8.42 Å². The van der Waals surface area contributed by atoms with Crippen molar-refractivity contribution in [2.75, 3.05) is 34.3 Å². The number of rotatable bonds is 5. The van der Waals surface area contributed by atoms with E-state index in [4.69, 9.17) is 4.74 Å². The molecule has 0 saturated carbocycles. The third kappa shape index (κ3) is 3.56. The highest BCUT2D eigenvalue weighted by Gasteiger charge is 2.33. The van der Waals surface area contributed by atoms with Crippen LogP contribution in [0.25, 0.3) is 0 Å². The number of aryl methyl sites for hydroxylation is 1. The van der Waals surface area contributed by atoms with Crippen LogP contribution in [0.3, 0.4) is 0 Å². The van der Waals surface area contributed by atoms with Gasteiger partial charge in [-0.15, -0.1) is 0 Å². The average molecular weight is 337 g/mol. The molecule has 0 radical (unpaired) electrons. The molecule has 0 N–H and O–H groups in total. The maximum Gasteiger partial charge on any atom is 0.244 e. The van der Waals surface area contributed by atoms with Crippen LogP contribution in [0.1, 0.15) is 17.5 Å². The fourth-order valence-corrected chi connectivity index (χ4v) is 4.39. The number of hydrogen-bond donors (Lipinski definition) is 0. The van der Waals surface area contributed by atoms with Crippen molar-refractivity contribution in [3.63, 3.8) is 0 Å².